The number of aliphatic carboxylic acids is 1. The maximum atomic E-state index is 10.5. The third-order valence-electron chi connectivity index (χ3n) is 5.13. The van der Waals surface area contributed by atoms with Crippen LogP contribution in [0.3, 0.4) is 0 Å². The minimum atomic E-state index is -0.729. The van der Waals surface area contributed by atoms with E-state index in [1.165, 1.54) is 25.7 Å². The molecule has 0 aliphatic heterocycles. The highest BCUT2D eigenvalue weighted by Crippen LogP contribution is 2.36. The fraction of sp³-hybridized carbons (Fsp3) is 0.762. The van der Waals surface area contributed by atoms with E-state index in [-0.39, 0.29) is 12.5 Å². The zero-order valence-corrected chi connectivity index (χ0v) is 15.5. The van der Waals surface area contributed by atoms with Gasteiger partial charge in [0.05, 0.1) is 6.10 Å². The molecule has 1 aliphatic rings. The van der Waals surface area contributed by atoms with Crippen molar-refractivity contribution in [3.8, 4) is 0 Å². The van der Waals surface area contributed by atoms with Crippen molar-refractivity contribution in [3.05, 3.63) is 24.3 Å². The number of carboxylic acid groups (broad SMARTS) is 1. The summed E-state index contributed by atoms with van der Waals surface area (Å²) in [7, 11) is 0. The summed E-state index contributed by atoms with van der Waals surface area (Å²) in [6.07, 6.45) is 18.5. The molecule has 0 radical (unpaired) electrons. The van der Waals surface area contributed by atoms with Gasteiger partial charge < -0.3 is 10.2 Å². The van der Waals surface area contributed by atoms with Crippen LogP contribution in [0.25, 0.3) is 0 Å². The Morgan fingerprint density at radius 3 is 2.71 bits per heavy atom. The van der Waals surface area contributed by atoms with Gasteiger partial charge in [-0.05, 0) is 56.3 Å². The van der Waals surface area contributed by atoms with Gasteiger partial charge in [-0.3, -0.25) is 4.79 Å². The summed E-state index contributed by atoms with van der Waals surface area (Å²) in [4.78, 5) is 10.5. The first-order valence-corrected chi connectivity index (χ1v) is 9.77. The van der Waals surface area contributed by atoms with Crippen molar-refractivity contribution in [1.29, 1.82) is 0 Å². The lowest BCUT2D eigenvalue weighted by Crippen LogP contribution is -2.17. The standard InChI is InChI=1S/C21H36O3/c1-3-4-7-10-17(2)13-14-18-15-16-20(22)19(18)11-8-5-6-9-12-21(23)24/h5,8,13-14,17-20,22H,3-4,6-7,9-12,15-16H2,1-2H3,(H,23,24)/b8-5-,14-13+/t17?,18-,19+,20?/m0/s1. The van der Waals surface area contributed by atoms with Gasteiger partial charge >= 0.3 is 5.97 Å². The minimum Gasteiger partial charge on any atom is -0.481 e. The van der Waals surface area contributed by atoms with Gasteiger partial charge in [0, 0.05) is 6.42 Å². The average Bonchev–Trinajstić information content (AvgIpc) is 2.89. The Hall–Kier alpha value is -1.09. The van der Waals surface area contributed by atoms with Crippen LogP contribution >= 0.6 is 0 Å². The summed E-state index contributed by atoms with van der Waals surface area (Å²) >= 11 is 0. The van der Waals surface area contributed by atoms with Crippen molar-refractivity contribution in [2.45, 2.75) is 84.2 Å². The molecule has 4 atom stereocenters. The van der Waals surface area contributed by atoms with Crippen LogP contribution in [0, 0.1) is 17.8 Å². The van der Waals surface area contributed by atoms with E-state index >= 15 is 0 Å². The number of aliphatic hydroxyl groups is 1. The van der Waals surface area contributed by atoms with Crippen LogP contribution in [-0.4, -0.2) is 22.3 Å². The first kappa shape index (κ1) is 21.0. The lowest BCUT2D eigenvalue weighted by atomic mass is 9.89. The zero-order valence-electron chi connectivity index (χ0n) is 15.5. The van der Waals surface area contributed by atoms with Gasteiger partial charge in [0.25, 0.3) is 0 Å². The number of unbranched alkanes of at least 4 members (excludes halogenated alkanes) is 3. The summed E-state index contributed by atoms with van der Waals surface area (Å²) in [5.74, 6) is 0.700. The third-order valence-corrected chi connectivity index (χ3v) is 5.13. The van der Waals surface area contributed by atoms with Gasteiger partial charge in [-0.1, -0.05) is 57.4 Å². The second-order valence-corrected chi connectivity index (χ2v) is 7.32. The molecule has 1 rings (SSSR count). The second-order valence-electron chi connectivity index (χ2n) is 7.32. The fourth-order valence-electron chi connectivity index (χ4n) is 3.53. The van der Waals surface area contributed by atoms with Gasteiger partial charge in [-0.25, -0.2) is 0 Å². The van der Waals surface area contributed by atoms with Gasteiger partial charge in [0.15, 0.2) is 0 Å². The molecule has 2 N–H and O–H groups in total. The Labute approximate surface area is 147 Å². The van der Waals surface area contributed by atoms with Crippen LogP contribution in [0.2, 0.25) is 0 Å². The molecule has 0 aromatic heterocycles. The molecule has 1 saturated carbocycles. The number of carboxylic acids is 1. The van der Waals surface area contributed by atoms with Gasteiger partial charge in [0.1, 0.15) is 0 Å². The number of aliphatic hydroxyl groups excluding tert-OH is 1. The second kappa shape index (κ2) is 12.3. The molecule has 0 aromatic rings. The highest BCUT2D eigenvalue weighted by Gasteiger charge is 2.32. The summed E-state index contributed by atoms with van der Waals surface area (Å²) in [5.41, 5.74) is 0. The minimum absolute atomic E-state index is 0.196. The Morgan fingerprint density at radius 2 is 2.00 bits per heavy atom. The van der Waals surface area contributed by atoms with Crippen molar-refractivity contribution in [1.82, 2.24) is 0 Å². The maximum Gasteiger partial charge on any atom is 0.303 e. The number of rotatable bonds is 12. The van der Waals surface area contributed by atoms with Crippen LogP contribution in [0.5, 0.6) is 0 Å². The van der Waals surface area contributed by atoms with E-state index in [0.29, 0.717) is 24.2 Å². The lowest BCUT2D eigenvalue weighted by molar-refractivity contribution is -0.137. The largest absolute Gasteiger partial charge is 0.481 e. The SMILES string of the molecule is CCCCCC(C)/C=C/[C@H]1CCC(O)[C@@H]1C/C=C\CCCC(=O)O. The van der Waals surface area contributed by atoms with E-state index < -0.39 is 5.97 Å². The van der Waals surface area contributed by atoms with Crippen LogP contribution in [0.4, 0.5) is 0 Å². The number of hydrogen-bond acceptors (Lipinski definition) is 2. The van der Waals surface area contributed by atoms with Crippen LogP contribution < -0.4 is 0 Å². The van der Waals surface area contributed by atoms with Crippen molar-refractivity contribution in [3.63, 3.8) is 0 Å². The maximum absolute atomic E-state index is 10.5. The molecule has 1 aliphatic carbocycles. The first-order chi connectivity index (χ1) is 11.5. The predicted molar refractivity (Wildman–Crippen MR) is 99.9 cm³/mol. The van der Waals surface area contributed by atoms with Crippen LogP contribution in [0.1, 0.15) is 78.1 Å². The van der Waals surface area contributed by atoms with Gasteiger partial charge in [-0.2, -0.15) is 0 Å². The molecule has 3 nitrogen and oxygen atoms in total. The van der Waals surface area contributed by atoms with E-state index in [4.69, 9.17) is 5.11 Å². The molecule has 24 heavy (non-hydrogen) atoms. The average molecular weight is 337 g/mol. The van der Waals surface area contributed by atoms with E-state index in [1.807, 2.05) is 0 Å². The monoisotopic (exact) mass is 336 g/mol. The molecule has 0 amide bonds. The molecule has 0 spiro atoms. The zero-order chi connectivity index (χ0) is 17.8. The van der Waals surface area contributed by atoms with Crippen molar-refractivity contribution in [2.24, 2.45) is 17.8 Å². The molecule has 0 saturated heterocycles. The van der Waals surface area contributed by atoms with Crippen molar-refractivity contribution >= 4 is 5.97 Å². The molecule has 0 heterocycles. The summed E-state index contributed by atoms with van der Waals surface area (Å²) in [6, 6.07) is 0. The number of carbonyl (C=O) groups is 1. The molecular formula is C21H36O3. The van der Waals surface area contributed by atoms with E-state index in [0.717, 1.165) is 25.7 Å². The summed E-state index contributed by atoms with van der Waals surface area (Å²) in [5, 5.41) is 18.8. The lowest BCUT2D eigenvalue weighted by Gasteiger charge is -2.18. The molecule has 138 valence electrons. The fourth-order valence-corrected chi connectivity index (χ4v) is 3.53. The summed E-state index contributed by atoms with van der Waals surface area (Å²) in [6.45, 7) is 4.52. The van der Waals surface area contributed by atoms with Crippen LogP contribution in [-0.2, 0) is 4.79 Å². The molecule has 3 heteroatoms. The van der Waals surface area contributed by atoms with E-state index in [9.17, 15) is 9.90 Å². The molecule has 2 unspecified atom stereocenters. The molecule has 1 fully saturated rings. The molecule has 0 bridgehead atoms. The number of hydrogen-bond donors (Lipinski definition) is 2. The first-order valence-electron chi connectivity index (χ1n) is 9.77. The third kappa shape index (κ3) is 8.68. The van der Waals surface area contributed by atoms with E-state index in [2.05, 4.69) is 38.2 Å². The highest BCUT2D eigenvalue weighted by atomic mass is 16.4. The molecule has 0 aromatic carbocycles. The van der Waals surface area contributed by atoms with Gasteiger partial charge in [0.2, 0.25) is 0 Å². The highest BCUT2D eigenvalue weighted by molar-refractivity contribution is 5.66. The van der Waals surface area contributed by atoms with Crippen molar-refractivity contribution < 1.29 is 15.0 Å². The quantitative estimate of drug-likeness (QED) is 0.373. The Kier molecular flexibility index (Phi) is 10.7. The van der Waals surface area contributed by atoms with Crippen LogP contribution in [0.15, 0.2) is 24.3 Å². The van der Waals surface area contributed by atoms with E-state index in [1.54, 1.807) is 0 Å². The Bertz CT molecular complexity index is 400. The summed E-state index contributed by atoms with van der Waals surface area (Å²) < 4.78 is 0. The Balaban J connectivity index is 2.35. The van der Waals surface area contributed by atoms with Gasteiger partial charge in [-0.15, -0.1) is 0 Å². The smallest absolute Gasteiger partial charge is 0.303 e. The van der Waals surface area contributed by atoms with Crippen molar-refractivity contribution in [2.75, 3.05) is 0 Å². The topological polar surface area (TPSA) is 57.5 Å². The number of allylic oxidation sites excluding steroid dienone is 4. The predicted octanol–water partition coefficient (Wildman–Crippen LogP) is 5.35. The Morgan fingerprint density at radius 1 is 1.21 bits per heavy atom. The normalized spacial score (nSPS) is 25.7. The molecular weight excluding hydrogens is 300 g/mol.